The summed E-state index contributed by atoms with van der Waals surface area (Å²) >= 11 is 4.51. The van der Waals surface area contributed by atoms with Crippen LogP contribution in [0.5, 0.6) is 0 Å². The van der Waals surface area contributed by atoms with Gasteiger partial charge < -0.3 is 0 Å². The number of thiophene rings is 1. The molecular formula is C13H22BrNO2S2. The number of nitrogens with one attached hydrogen (secondary N) is 1. The quantitative estimate of drug-likeness (QED) is 0.617. The molecular weight excluding hydrogens is 346 g/mol. The number of unbranched alkanes of at least 4 members (excludes halogenated alkanes) is 6. The lowest BCUT2D eigenvalue weighted by molar-refractivity contribution is 0.565. The van der Waals surface area contributed by atoms with Gasteiger partial charge in [-0.1, -0.05) is 45.4 Å². The third-order valence-electron chi connectivity index (χ3n) is 2.89. The minimum absolute atomic E-state index is 0.377. The topological polar surface area (TPSA) is 46.2 Å². The molecule has 19 heavy (non-hydrogen) atoms. The van der Waals surface area contributed by atoms with E-state index < -0.39 is 10.0 Å². The van der Waals surface area contributed by atoms with Crippen LogP contribution in [0.25, 0.3) is 0 Å². The predicted molar refractivity (Wildman–Crippen MR) is 85.2 cm³/mol. The maximum Gasteiger partial charge on any atom is 0.250 e. The Morgan fingerprint density at radius 1 is 1.11 bits per heavy atom. The summed E-state index contributed by atoms with van der Waals surface area (Å²) in [5, 5.41) is 0. The van der Waals surface area contributed by atoms with Crippen LogP contribution in [-0.2, 0) is 10.0 Å². The normalized spacial score (nSPS) is 11.9. The Labute approximate surface area is 129 Å². The molecule has 1 heterocycles. The van der Waals surface area contributed by atoms with Crippen molar-refractivity contribution in [1.82, 2.24) is 4.72 Å². The number of hydrogen-bond acceptors (Lipinski definition) is 3. The van der Waals surface area contributed by atoms with E-state index in [1.54, 1.807) is 12.1 Å². The average Bonchev–Trinajstić information content (AvgIpc) is 2.80. The van der Waals surface area contributed by atoms with Crippen molar-refractivity contribution < 1.29 is 8.42 Å². The second-order valence-electron chi connectivity index (χ2n) is 4.58. The molecule has 0 aliphatic carbocycles. The highest BCUT2D eigenvalue weighted by Crippen LogP contribution is 2.25. The molecule has 0 fully saturated rings. The molecule has 0 aliphatic heterocycles. The third-order valence-corrected chi connectivity index (χ3v) is 6.46. The SMILES string of the molecule is CCCCCCCCCNS(=O)(=O)c1ccc(Br)s1. The molecule has 3 nitrogen and oxygen atoms in total. The van der Waals surface area contributed by atoms with Crippen LogP contribution >= 0.6 is 27.3 Å². The van der Waals surface area contributed by atoms with E-state index in [1.807, 2.05) is 0 Å². The maximum absolute atomic E-state index is 11.9. The Balaban J connectivity index is 2.15. The highest BCUT2D eigenvalue weighted by Gasteiger charge is 2.15. The standard InChI is InChI=1S/C13H22BrNO2S2/c1-2-3-4-5-6-7-8-11-15-19(16,17)13-10-9-12(14)18-13/h9-10,15H,2-8,11H2,1H3. The van der Waals surface area contributed by atoms with Gasteiger partial charge in [0.05, 0.1) is 3.79 Å². The summed E-state index contributed by atoms with van der Waals surface area (Å²) in [6.07, 6.45) is 8.34. The Morgan fingerprint density at radius 3 is 2.32 bits per heavy atom. The minimum atomic E-state index is -3.30. The number of halogens is 1. The number of hydrogen-bond donors (Lipinski definition) is 1. The Morgan fingerprint density at radius 2 is 1.74 bits per heavy atom. The molecule has 0 spiro atoms. The van der Waals surface area contributed by atoms with Crippen molar-refractivity contribution in [2.45, 2.75) is 56.1 Å². The zero-order valence-corrected chi connectivity index (χ0v) is 14.5. The van der Waals surface area contributed by atoms with Crippen LogP contribution in [0.1, 0.15) is 51.9 Å². The molecule has 0 aliphatic rings. The Kier molecular flexibility index (Phi) is 8.21. The van der Waals surface area contributed by atoms with E-state index in [0.717, 1.165) is 16.6 Å². The van der Waals surface area contributed by atoms with Gasteiger partial charge in [-0.05, 0) is 34.5 Å². The summed E-state index contributed by atoms with van der Waals surface area (Å²) in [7, 11) is -3.30. The fourth-order valence-corrected chi connectivity index (χ4v) is 4.93. The van der Waals surface area contributed by atoms with Crippen molar-refractivity contribution in [2.24, 2.45) is 0 Å². The van der Waals surface area contributed by atoms with Gasteiger partial charge in [0.1, 0.15) is 4.21 Å². The van der Waals surface area contributed by atoms with Gasteiger partial charge >= 0.3 is 0 Å². The molecule has 1 N–H and O–H groups in total. The number of sulfonamides is 1. The fourth-order valence-electron chi connectivity index (χ4n) is 1.80. The molecule has 0 bridgehead atoms. The number of rotatable bonds is 10. The van der Waals surface area contributed by atoms with Crippen molar-refractivity contribution in [2.75, 3.05) is 6.54 Å². The van der Waals surface area contributed by atoms with Crippen molar-refractivity contribution in [3.05, 3.63) is 15.9 Å². The molecule has 1 aromatic rings. The van der Waals surface area contributed by atoms with E-state index in [9.17, 15) is 8.42 Å². The van der Waals surface area contributed by atoms with Gasteiger partial charge in [-0.15, -0.1) is 11.3 Å². The molecule has 0 atom stereocenters. The van der Waals surface area contributed by atoms with Crippen LogP contribution in [0, 0.1) is 0 Å². The average molecular weight is 368 g/mol. The Bertz CT molecular complexity index is 457. The molecule has 0 saturated carbocycles. The summed E-state index contributed by atoms with van der Waals surface area (Å²) < 4.78 is 27.7. The molecule has 0 radical (unpaired) electrons. The molecule has 0 aromatic carbocycles. The summed E-state index contributed by atoms with van der Waals surface area (Å²) in [6.45, 7) is 2.74. The first-order valence-electron chi connectivity index (χ1n) is 6.81. The van der Waals surface area contributed by atoms with Crippen LogP contribution < -0.4 is 4.72 Å². The van der Waals surface area contributed by atoms with Crippen LogP contribution in [0.15, 0.2) is 20.1 Å². The van der Waals surface area contributed by atoms with E-state index in [2.05, 4.69) is 27.6 Å². The predicted octanol–water partition coefficient (Wildman–Crippen LogP) is 4.54. The van der Waals surface area contributed by atoms with Gasteiger partial charge in [-0.25, -0.2) is 13.1 Å². The van der Waals surface area contributed by atoms with E-state index in [-0.39, 0.29) is 0 Å². The lowest BCUT2D eigenvalue weighted by Gasteiger charge is -2.04. The Hall–Kier alpha value is 0.0900. The largest absolute Gasteiger partial charge is 0.250 e. The van der Waals surface area contributed by atoms with Crippen LogP contribution in [0.2, 0.25) is 0 Å². The second kappa shape index (κ2) is 9.10. The monoisotopic (exact) mass is 367 g/mol. The second-order valence-corrected chi connectivity index (χ2v) is 9.03. The first kappa shape index (κ1) is 17.1. The van der Waals surface area contributed by atoms with Crippen molar-refractivity contribution in [3.63, 3.8) is 0 Å². The first-order chi connectivity index (χ1) is 9.06. The van der Waals surface area contributed by atoms with E-state index in [4.69, 9.17) is 0 Å². The summed E-state index contributed by atoms with van der Waals surface area (Å²) in [5.41, 5.74) is 0. The molecule has 6 heteroatoms. The minimum Gasteiger partial charge on any atom is -0.210 e. The van der Waals surface area contributed by atoms with E-state index >= 15 is 0 Å². The molecule has 110 valence electrons. The van der Waals surface area contributed by atoms with Gasteiger partial charge in [0, 0.05) is 6.54 Å². The van der Waals surface area contributed by atoms with Crippen molar-refractivity contribution in [3.8, 4) is 0 Å². The lowest BCUT2D eigenvalue weighted by atomic mass is 10.1. The summed E-state index contributed by atoms with van der Waals surface area (Å²) in [6, 6.07) is 3.38. The first-order valence-corrected chi connectivity index (χ1v) is 9.90. The molecule has 0 unspecified atom stereocenters. The summed E-state index contributed by atoms with van der Waals surface area (Å²) in [5.74, 6) is 0. The zero-order valence-electron chi connectivity index (χ0n) is 11.3. The van der Waals surface area contributed by atoms with Crippen LogP contribution in [0.4, 0.5) is 0 Å². The fraction of sp³-hybridized carbons (Fsp3) is 0.692. The van der Waals surface area contributed by atoms with E-state index in [1.165, 1.54) is 43.4 Å². The van der Waals surface area contributed by atoms with Gasteiger partial charge in [0.2, 0.25) is 10.0 Å². The lowest BCUT2D eigenvalue weighted by Crippen LogP contribution is -2.23. The smallest absolute Gasteiger partial charge is 0.210 e. The summed E-state index contributed by atoms with van der Waals surface area (Å²) in [4.78, 5) is 0. The van der Waals surface area contributed by atoms with Crippen LogP contribution in [0.3, 0.4) is 0 Å². The third kappa shape index (κ3) is 6.88. The molecule has 1 aromatic heterocycles. The highest BCUT2D eigenvalue weighted by atomic mass is 79.9. The van der Waals surface area contributed by atoms with Gasteiger partial charge in [-0.2, -0.15) is 0 Å². The molecule has 0 saturated heterocycles. The zero-order chi connectivity index (χ0) is 14.1. The molecule has 0 amide bonds. The van der Waals surface area contributed by atoms with Gasteiger partial charge in [0.25, 0.3) is 0 Å². The van der Waals surface area contributed by atoms with Crippen molar-refractivity contribution >= 4 is 37.3 Å². The van der Waals surface area contributed by atoms with Gasteiger partial charge in [-0.3, -0.25) is 0 Å². The van der Waals surface area contributed by atoms with E-state index in [0.29, 0.717) is 10.8 Å². The van der Waals surface area contributed by atoms with Crippen LogP contribution in [-0.4, -0.2) is 15.0 Å². The highest BCUT2D eigenvalue weighted by molar-refractivity contribution is 9.11. The van der Waals surface area contributed by atoms with Crippen molar-refractivity contribution in [1.29, 1.82) is 0 Å². The molecule has 1 rings (SSSR count). The van der Waals surface area contributed by atoms with Gasteiger partial charge in [0.15, 0.2) is 0 Å². The maximum atomic E-state index is 11.9.